The molecule has 0 atom stereocenters. The van der Waals surface area contributed by atoms with E-state index in [4.69, 9.17) is 16.6 Å². The molecule has 1 saturated heterocycles. The van der Waals surface area contributed by atoms with Crippen molar-refractivity contribution in [2.24, 2.45) is 0 Å². The van der Waals surface area contributed by atoms with Gasteiger partial charge in [0.2, 0.25) is 0 Å². The molecule has 2 heterocycles. The number of likely N-dealkylation sites (N-methyl/N-ethyl adjacent to an activating group) is 1. The fourth-order valence-corrected chi connectivity index (χ4v) is 2.45. The summed E-state index contributed by atoms with van der Waals surface area (Å²) < 4.78 is 0. The molecule has 0 spiro atoms. The average Bonchev–Trinajstić information content (AvgIpc) is 2.39. The second kappa shape index (κ2) is 6.39. The fourth-order valence-electron chi connectivity index (χ4n) is 2.29. The molecule has 18 heavy (non-hydrogen) atoms. The van der Waals surface area contributed by atoms with Crippen LogP contribution in [-0.4, -0.2) is 43.1 Å². The lowest BCUT2D eigenvalue weighted by atomic mass is 10.1. The van der Waals surface area contributed by atoms with Crippen LogP contribution in [-0.2, 0) is 12.3 Å². The Balaban J connectivity index is 2.17. The van der Waals surface area contributed by atoms with Crippen molar-refractivity contribution >= 4 is 17.4 Å². The Hall–Kier alpha value is -0.800. The van der Waals surface area contributed by atoms with E-state index in [9.17, 15) is 0 Å². The number of aromatic nitrogens is 1. The summed E-state index contributed by atoms with van der Waals surface area (Å²) in [5.74, 6) is 1.67. The van der Waals surface area contributed by atoms with Gasteiger partial charge in [0.15, 0.2) is 0 Å². The molecule has 0 N–H and O–H groups in total. The lowest BCUT2D eigenvalue weighted by Gasteiger charge is -2.33. The molecule has 4 heteroatoms. The Morgan fingerprint density at radius 2 is 1.94 bits per heavy atom. The van der Waals surface area contributed by atoms with Crippen LogP contribution >= 0.6 is 11.6 Å². The van der Waals surface area contributed by atoms with Gasteiger partial charge in [-0.1, -0.05) is 13.3 Å². The third-order valence-corrected chi connectivity index (χ3v) is 3.72. The van der Waals surface area contributed by atoms with Gasteiger partial charge in [0.1, 0.15) is 5.82 Å². The second-order valence-corrected chi connectivity index (χ2v) is 5.27. The number of rotatable bonds is 4. The maximum absolute atomic E-state index is 5.98. The molecule has 0 amide bonds. The fraction of sp³-hybridized carbons (Fsp3) is 0.643. The quantitative estimate of drug-likeness (QED) is 0.782. The highest BCUT2D eigenvalue weighted by Gasteiger charge is 2.16. The van der Waals surface area contributed by atoms with E-state index < -0.39 is 0 Å². The zero-order valence-corrected chi connectivity index (χ0v) is 12.1. The van der Waals surface area contributed by atoms with Crippen LogP contribution in [0.4, 0.5) is 5.82 Å². The minimum Gasteiger partial charge on any atom is -0.354 e. The SMILES string of the molecule is CCCc1cc(CCl)cc(N2CCN(C)CC2)n1. The minimum atomic E-state index is 0.569. The topological polar surface area (TPSA) is 19.4 Å². The smallest absolute Gasteiger partial charge is 0.129 e. The van der Waals surface area contributed by atoms with E-state index in [0.29, 0.717) is 5.88 Å². The molecular formula is C14H22ClN3. The lowest BCUT2D eigenvalue weighted by Crippen LogP contribution is -2.44. The molecule has 1 aromatic rings. The first kappa shape index (κ1) is 13.6. The summed E-state index contributed by atoms with van der Waals surface area (Å²) >= 11 is 5.98. The van der Waals surface area contributed by atoms with Gasteiger partial charge in [-0.25, -0.2) is 4.98 Å². The van der Waals surface area contributed by atoms with E-state index in [0.717, 1.165) is 44.8 Å². The average molecular weight is 268 g/mol. The van der Waals surface area contributed by atoms with Crippen molar-refractivity contribution < 1.29 is 0 Å². The molecule has 3 nitrogen and oxygen atoms in total. The van der Waals surface area contributed by atoms with Crippen LogP contribution < -0.4 is 4.90 Å². The maximum Gasteiger partial charge on any atom is 0.129 e. The van der Waals surface area contributed by atoms with Gasteiger partial charge >= 0.3 is 0 Å². The van der Waals surface area contributed by atoms with Crippen LogP contribution in [0.2, 0.25) is 0 Å². The summed E-state index contributed by atoms with van der Waals surface area (Å²) in [6.07, 6.45) is 2.16. The van der Waals surface area contributed by atoms with Gasteiger partial charge in [-0.05, 0) is 31.2 Å². The number of hydrogen-bond acceptors (Lipinski definition) is 3. The molecule has 1 aliphatic rings. The molecule has 0 aromatic carbocycles. The highest BCUT2D eigenvalue weighted by molar-refractivity contribution is 6.17. The summed E-state index contributed by atoms with van der Waals surface area (Å²) in [6.45, 7) is 6.51. The summed E-state index contributed by atoms with van der Waals surface area (Å²) in [5, 5.41) is 0. The maximum atomic E-state index is 5.98. The van der Waals surface area contributed by atoms with Crippen molar-refractivity contribution in [1.82, 2.24) is 9.88 Å². The molecule has 0 saturated carbocycles. The van der Waals surface area contributed by atoms with Gasteiger partial charge in [-0.2, -0.15) is 0 Å². The summed E-state index contributed by atoms with van der Waals surface area (Å²) in [4.78, 5) is 9.49. The van der Waals surface area contributed by atoms with Crippen LogP contribution in [0.5, 0.6) is 0 Å². The first-order valence-corrected chi connectivity index (χ1v) is 7.25. The molecule has 1 aromatic heterocycles. The van der Waals surface area contributed by atoms with Gasteiger partial charge in [0, 0.05) is 37.8 Å². The Labute approximate surface area is 115 Å². The summed E-state index contributed by atoms with van der Waals surface area (Å²) in [5.41, 5.74) is 2.36. The van der Waals surface area contributed by atoms with Crippen molar-refractivity contribution in [3.05, 3.63) is 23.4 Å². The van der Waals surface area contributed by atoms with Crippen LogP contribution in [0.15, 0.2) is 12.1 Å². The Kier molecular flexibility index (Phi) is 4.84. The van der Waals surface area contributed by atoms with Crippen molar-refractivity contribution in [3.8, 4) is 0 Å². The van der Waals surface area contributed by atoms with Crippen molar-refractivity contribution in [2.45, 2.75) is 25.6 Å². The monoisotopic (exact) mass is 267 g/mol. The van der Waals surface area contributed by atoms with Crippen LogP contribution in [0.3, 0.4) is 0 Å². The zero-order chi connectivity index (χ0) is 13.0. The third-order valence-electron chi connectivity index (χ3n) is 3.41. The Bertz CT molecular complexity index is 387. The molecular weight excluding hydrogens is 246 g/mol. The second-order valence-electron chi connectivity index (χ2n) is 5.00. The minimum absolute atomic E-state index is 0.569. The van der Waals surface area contributed by atoms with Crippen LogP contribution in [0, 0.1) is 0 Å². The van der Waals surface area contributed by atoms with Gasteiger partial charge in [0.25, 0.3) is 0 Å². The first-order chi connectivity index (χ1) is 8.72. The van der Waals surface area contributed by atoms with Crippen molar-refractivity contribution in [3.63, 3.8) is 0 Å². The molecule has 0 radical (unpaired) electrons. The summed E-state index contributed by atoms with van der Waals surface area (Å²) in [6, 6.07) is 4.27. The molecule has 100 valence electrons. The lowest BCUT2D eigenvalue weighted by molar-refractivity contribution is 0.312. The normalized spacial score (nSPS) is 17.2. The molecule has 1 aliphatic heterocycles. The first-order valence-electron chi connectivity index (χ1n) is 6.72. The van der Waals surface area contributed by atoms with E-state index in [-0.39, 0.29) is 0 Å². The van der Waals surface area contributed by atoms with Crippen LogP contribution in [0.1, 0.15) is 24.6 Å². The number of anilines is 1. The predicted molar refractivity (Wildman–Crippen MR) is 77.5 cm³/mol. The van der Waals surface area contributed by atoms with E-state index in [1.165, 1.54) is 11.3 Å². The number of pyridine rings is 1. The van der Waals surface area contributed by atoms with Gasteiger partial charge in [-0.3, -0.25) is 0 Å². The van der Waals surface area contributed by atoms with Gasteiger partial charge < -0.3 is 9.80 Å². The molecule has 0 aliphatic carbocycles. The number of piperazine rings is 1. The third kappa shape index (κ3) is 3.36. The number of nitrogens with zero attached hydrogens (tertiary/aromatic N) is 3. The van der Waals surface area contributed by atoms with E-state index in [1.54, 1.807) is 0 Å². The van der Waals surface area contributed by atoms with E-state index in [1.807, 2.05) is 0 Å². The number of hydrogen-bond donors (Lipinski definition) is 0. The van der Waals surface area contributed by atoms with E-state index in [2.05, 4.69) is 35.9 Å². The highest BCUT2D eigenvalue weighted by atomic mass is 35.5. The molecule has 1 fully saturated rings. The Morgan fingerprint density at radius 3 is 2.56 bits per heavy atom. The van der Waals surface area contributed by atoms with Crippen molar-refractivity contribution in [2.75, 3.05) is 38.1 Å². The number of alkyl halides is 1. The Morgan fingerprint density at radius 1 is 1.22 bits per heavy atom. The number of aryl methyl sites for hydroxylation is 1. The highest BCUT2D eigenvalue weighted by Crippen LogP contribution is 2.19. The van der Waals surface area contributed by atoms with Crippen LogP contribution in [0.25, 0.3) is 0 Å². The summed E-state index contributed by atoms with van der Waals surface area (Å²) in [7, 11) is 2.17. The van der Waals surface area contributed by atoms with Gasteiger partial charge in [-0.15, -0.1) is 11.6 Å². The van der Waals surface area contributed by atoms with Gasteiger partial charge in [0.05, 0.1) is 0 Å². The van der Waals surface area contributed by atoms with E-state index >= 15 is 0 Å². The number of halogens is 1. The molecule has 0 unspecified atom stereocenters. The largest absolute Gasteiger partial charge is 0.354 e. The standard InChI is InChI=1S/C14H22ClN3/c1-3-4-13-9-12(11-15)10-14(16-13)18-7-5-17(2)6-8-18/h9-10H,3-8,11H2,1-2H3. The van der Waals surface area contributed by atoms with Crippen molar-refractivity contribution in [1.29, 1.82) is 0 Å². The molecule has 2 rings (SSSR count). The zero-order valence-electron chi connectivity index (χ0n) is 11.3. The molecule has 0 bridgehead atoms. The predicted octanol–water partition coefficient (Wildman–Crippen LogP) is 2.52.